The van der Waals surface area contributed by atoms with Crippen LogP contribution in [0, 0.1) is 0 Å². The van der Waals surface area contributed by atoms with E-state index in [1.165, 1.54) is 83.5 Å². The van der Waals surface area contributed by atoms with Crippen molar-refractivity contribution in [3.63, 3.8) is 0 Å². The lowest BCUT2D eigenvalue weighted by Crippen LogP contribution is -1.90. The molecule has 108 valence electrons. The average Bonchev–Trinajstić information content (AvgIpc) is 2.39. The van der Waals surface area contributed by atoms with Crippen LogP contribution in [0.5, 0.6) is 0 Å². The third-order valence-corrected chi connectivity index (χ3v) is 3.51. The summed E-state index contributed by atoms with van der Waals surface area (Å²) in [6.45, 7) is 2.29. The lowest BCUT2D eigenvalue weighted by molar-refractivity contribution is 0.545. The van der Waals surface area contributed by atoms with Crippen LogP contribution in [0.3, 0.4) is 0 Å². The van der Waals surface area contributed by atoms with E-state index in [1.54, 1.807) is 0 Å². The highest BCUT2D eigenvalue weighted by Crippen LogP contribution is 2.12. The van der Waals surface area contributed by atoms with Gasteiger partial charge in [0.25, 0.3) is 0 Å². The molecular weight excluding hydrogens is 218 g/mol. The predicted molar refractivity (Wildman–Crippen MR) is 83.9 cm³/mol. The molecule has 0 aliphatic rings. The first-order chi connectivity index (χ1) is 8.91. The van der Waals surface area contributed by atoms with E-state index in [0.29, 0.717) is 0 Å². The molecule has 1 nitrogen and oxygen atoms in total. The van der Waals surface area contributed by atoms with Crippen LogP contribution in [0.4, 0.5) is 0 Å². The fraction of sp³-hybridized carbons (Fsp3) is 0.882. The second-order valence-electron chi connectivity index (χ2n) is 5.37. The zero-order chi connectivity index (χ0) is 13.3. The largest absolute Gasteiger partial charge is 0.394 e. The van der Waals surface area contributed by atoms with Gasteiger partial charge in [0, 0.05) is 7.05 Å². The molecule has 0 aromatic carbocycles. The molecule has 0 aromatic heterocycles. The van der Waals surface area contributed by atoms with E-state index in [4.69, 9.17) is 0 Å². The predicted octanol–water partition coefficient (Wildman–Crippen LogP) is 5.81. The molecule has 0 atom stereocenters. The Morgan fingerprint density at radius 3 is 1.56 bits per heavy atom. The van der Waals surface area contributed by atoms with E-state index in [-0.39, 0.29) is 0 Å². The number of nitrogens with one attached hydrogen (secondary N) is 1. The van der Waals surface area contributed by atoms with Gasteiger partial charge >= 0.3 is 0 Å². The summed E-state index contributed by atoms with van der Waals surface area (Å²) < 4.78 is 0. The summed E-state index contributed by atoms with van der Waals surface area (Å²) in [5.74, 6) is 0. The number of hydrogen-bond acceptors (Lipinski definition) is 1. The summed E-state index contributed by atoms with van der Waals surface area (Å²) in [7, 11) is 1.96. The maximum Gasteiger partial charge on any atom is 0.00276 e. The Hall–Kier alpha value is -0.460. The Bertz CT molecular complexity index is 163. The van der Waals surface area contributed by atoms with E-state index >= 15 is 0 Å². The van der Waals surface area contributed by atoms with E-state index in [1.807, 2.05) is 13.2 Å². The molecule has 1 N–H and O–H groups in total. The monoisotopic (exact) mass is 253 g/mol. The highest BCUT2D eigenvalue weighted by atomic mass is 14.8. The van der Waals surface area contributed by atoms with E-state index in [2.05, 4.69) is 18.3 Å². The zero-order valence-electron chi connectivity index (χ0n) is 12.8. The van der Waals surface area contributed by atoms with Gasteiger partial charge in [0.15, 0.2) is 0 Å². The van der Waals surface area contributed by atoms with Crippen LogP contribution in [0.15, 0.2) is 12.3 Å². The minimum Gasteiger partial charge on any atom is -0.394 e. The Morgan fingerprint density at radius 1 is 0.667 bits per heavy atom. The average molecular weight is 253 g/mol. The summed E-state index contributed by atoms with van der Waals surface area (Å²) in [6.07, 6.45) is 22.7. The van der Waals surface area contributed by atoms with Crippen molar-refractivity contribution < 1.29 is 0 Å². The summed E-state index contributed by atoms with van der Waals surface area (Å²) in [5.41, 5.74) is 0. The molecule has 1 heteroatoms. The minimum absolute atomic E-state index is 1.23. The van der Waals surface area contributed by atoms with Crippen molar-refractivity contribution in [1.29, 1.82) is 0 Å². The molecule has 0 fully saturated rings. The standard InChI is InChI=1S/C17H35N/c1-3-4-5-6-7-8-9-10-11-12-13-14-15-16-17-18-2/h16-18H,3-15H2,1-2H3. The molecular formula is C17H35N. The number of allylic oxidation sites excluding steroid dienone is 1. The molecule has 0 aliphatic heterocycles. The van der Waals surface area contributed by atoms with Gasteiger partial charge in [-0.05, 0) is 19.0 Å². The maximum absolute atomic E-state index is 3.03. The van der Waals surface area contributed by atoms with Crippen molar-refractivity contribution in [3.05, 3.63) is 12.3 Å². The number of hydrogen-bond donors (Lipinski definition) is 1. The van der Waals surface area contributed by atoms with Gasteiger partial charge in [-0.3, -0.25) is 0 Å². The van der Waals surface area contributed by atoms with Gasteiger partial charge < -0.3 is 5.32 Å². The normalized spacial score (nSPS) is 11.2. The van der Waals surface area contributed by atoms with Crippen LogP contribution in [-0.4, -0.2) is 7.05 Å². The topological polar surface area (TPSA) is 12.0 Å². The van der Waals surface area contributed by atoms with Crippen LogP contribution in [0.1, 0.15) is 90.4 Å². The van der Waals surface area contributed by atoms with Gasteiger partial charge in [-0.25, -0.2) is 0 Å². The van der Waals surface area contributed by atoms with Crippen molar-refractivity contribution in [3.8, 4) is 0 Å². The third-order valence-electron chi connectivity index (χ3n) is 3.51. The molecule has 0 rings (SSSR count). The molecule has 18 heavy (non-hydrogen) atoms. The first-order valence-electron chi connectivity index (χ1n) is 8.24. The summed E-state index contributed by atoms with van der Waals surface area (Å²) in [4.78, 5) is 0. The molecule has 0 unspecified atom stereocenters. The van der Waals surface area contributed by atoms with E-state index < -0.39 is 0 Å². The van der Waals surface area contributed by atoms with Gasteiger partial charge in [0.1, 0.15) is 0 Å². The molecule has 0 aliphatic carbocycles. The van der Waals surface area contributed by atoms with Crippen LogP contribution in [0.25, 0.3) is 0 Å². The Kier molecular flexibility index (Phi) is 16.1. The SMILES string of the molecule is CCCCCCCCCCCCCCC=CNC. The smallest absolute Gasteiger partial charge is 0.00276 e. The molecule has 0 radical (unpaired) electrons. The summed E-state index contributed by atoms with van der Waals surface area (Å²) >= 11 is 0. The third kappa shape index (κ3) is 15.5. The molecule has 0 heterocycles. The second-order valence-corrected chi connectivity index (χ2v) is 5.37. The van der Waals surface area contributed by atoms with Gasteiger partial charge in [-0.2, -0.15) is 0 Å². The van der Waals surface area contributed by atoms with Crippen molar-refractivity contribution in [1.82, 2.24) is 5.32 Å². The molecule has 0 saturated heterocycles. The molecule has 0 saturated carbocycles. The minimum atomic E-state index is 1.23. The Labute approximate surface area is 115 Å². The van der Waals surface area contributed by atoms with Crippen molar-refractivity contribution >= 4 is 0 Å². The molecule has 0 spiro atoms. The number of unbranched alkanes of at least 4 members (excludes halogenated alkanes) is 12. The van der Waals surface area contributed by atoms with E-state index in [0.717, 1.165) is 0 Å². The van der Waals surface area contributed by atoms with Gasteiger partial charge in [0.2, 0.25) is 0 Å². The highest BCUT2D eigenvalue weighted by molar-refractivity contribution is 4.77. The van der Waals surface area contributed by atoms with Gasteiger partial charge in [-0.15, -0.1) is 0 Å². The van der Waals surface area contributed by atoms with Crippen LogP contribution >= 0.6 is 0 Å². The fourth-order valence-electron chi connectivity index (χ4n) is 2.30. The quantitative estimate of drug-likeness (QED) is 0.385. The lowest BCUT2D eigenvalue weighted by atomic mass is 10.0. The molecule has 0 amide bonds. The first kappa shape index (κ1) is 17.5. The Morgan fingerprint density at radius 2 is 1.11 bits per heavy atom. The maximum atomic E-state index is 3.03. The summed E-state index contributed by atoms with van der Waals surface area (Å²) in [5, 5.41) is 3.03. The van der Waals surface area contributed by atoms with E-state index in [9.17, 15) is 0 Å². The van der Waals surface area contributed by atoms with Crippen LogP contribution < -0.4 is 5.32 Å². The van der Waals surface area contributed by atoms with Crippen molar-refractivity contribution in [2.24, 2.45) is 0 Å². The zero-order valence-corrected chi connectivity index (χ0v) is 12.8. The summed E-state index contributed by atoms with van der Waals surface area (Å²) in [6, 6.07) is 0. The lowest BCUT2D eigenvalue weighted by Gasteiger charge is -2.02. The van der Waals surface area contributed by atoms with Crippen LogP contribution in [-0.2, 0) is 0 Å². The molecule has 0 bridgehead atoms. The van der Waals surface area contributed by atoms with Gasteiger partial charge in [0.05, 0.1) is 0 Å². The number of rotatable bonds is 14. The van der Waals surface area contributed by atoms with Crippen molar-refractivity contribution in [2.45, 2.75) is 90.4 Å². The first-order valence-corrected chi connectivity index (χ1v) is 8.24. The van der Waals surface area contributed by atoms with Gasteiger partial charge in [-0.1, -0.05) is 83.6 Å². The highest BCUT2D eigenvalue weighted by Gasteiger charge is 1.92. The van der Waals surface area contributed by atoms with Crippen LogP contribution in [0.2, 0.25) is 0 Å². The molecule has 0 aromatic rings. The second kappa shape index (κ2) is 16.5. The fourth-order valence-corrected chi connectivity index (χ4v) is 2.30. The Balaban J connectivity index is 2.92. The van der Waals surface area contributed by atoms with Crippen molar-refractivity contribution in [2.75, 3.05) is 7.05 Å².